The number of hydrogen-bond donors (Lipinski definition) is 2. The van der Waals surface area contributed by atoms with Gasteiger partial charge < -0.3 is 15.4 Å². The van der Waals surface area contributed by atoms with Crippen molar-refractivity contribution in [2.24, 2.45) is 0 Å². The molecule has 0 saturated carbocycles. The van der Waals surface area contributed by atoms with Crippen molar-refractivity contribution in [3.8, 4) is 0 Å². The molecule has 29 heavy (non-hydrogen) atoms. The Bertz CT molecular complexity index is 805. The third-order valence-electron chi connectivity index (χ3n) is 4.68. The molecule has 1 heterocycles. The van der Waals surface area contributed by atoms with E-state index in [1.807, 2.05) is 30.3 Å². The van der Waals surface area contributed by atoms with Crippen LogP contribution in [0.1, 0.15) is 39.2 Å². The molecule has 1 saturated heterocycles. The molecule has 2 atom stereocenters. The van der Waals surface area contributed by atoms with Crippen molar-refractivity contribution in [1.29, 1.82) is 0 Å². The van der Waals surface area contributed by atoms with E-state index in [1.165, 1.54) is 11.4 Å². The van der Waals surface area contributed by atoms with Crippen LogP contribution in [-0.2, 0) is 26.0 Å². The molecular formula is C20H31N3O5S. The standard InChI is InChI=1S/C20H31N3O5S/c1-20(2,3)28-19(25)22-14-16(13-15-9-6-5-7-10-15)29(26,27)23-12-8-11-17(23)18(24)21-4/h5-7,9-10,16-17H,8,11-14H2,1-4H3,(H,21,24)(H,22,25)/t16?,17-/m0/s1. The summed E-state index contributed by atoms with van der Waals surface area (Å²) in [5, 5.41) is 4.20. The zero-order valence-corrected chi connectivity index (χ0v) is 18.3. The van der Waals surface area contributed by atoms with Crippen molar-refractivity contribution in [1.82, 2.24) is 14.9 Å². The van der Waals surface area contributed by atoms with Gasteiger partial charge in [-0.2, -0.15) is 4.31 Å². The van der Waals surface area contributed by atoms with Crippen molar-refractivity contribution >= 4 is 22.0 Å². The molecule has 1 fully saturated rings. The van der Waals surface area contributed by atoms with Crippen LogP contribution in [0.2, 0.25) is 0 Å². The number of nitrogens with zero attached hydrogens (tertiary/aromatic N) is 1. The highest BCUT2D eigenvalue weighted by molar-refractivity contribution is 7.89. The summed E-state index contributed by atoms with van der Waals surface area (Å²) in [5.74, 6) is -0.315. The smallest absolute Gasteiger partial charge is 0.407 e. The number of carbonyl (C=O) groups excluding carboxylic acids is 2. The van der Waals surface area contributed by atoms with Gasteiger partial charge in [-0.3, -0.25) is 4.79 Å². The van der Waals surface area contributed by atoms with E-state index in [9.17, 15) is 18.0 Å². The lowest BCUT2D eigenvalue weighted by Crippen LogP contribution is -2.51. The second kappa shape index (κ2) is 9.58. The van der Waals surface area contributed by atoms with Gasteiger partial charge in [0.05, 0.1) is 5.25 Å². The second-order valence-electron chi connectivity index (χ2n) is 8.12. The molecule has 8 nitrogen and oxygen atoms in total. The third kappa shape index (κ3) is 6.43. The van der Waals surface area contributed by atoms with Gasteiger partial charge in [0.25, 0.3) is 0 Å². The molecule has 0 aliphatic carbocycles. The summed E-state index contributed by atoms with van der Waals surface area (Å²) in [6.07, 6.45) is 0.649. The quantitative estimate of drug-likeness (QED) is 0.691. The SMILES string of the molecule is CNC(=O)[C@@H]1CCCN1S(=O)(=O)C(CNC(=O)OC(C)(C)C)Cc1ccccc1. The molecule has 2 N–H and O–H groups in total. The summed E-state index contributed by atoms with van der Waals surface area (Å²) < 4.78 is 33.3. The number of sulfonamides is 1. The van der Waals surface area contributed by atoms with Gasteiger partial charge in [0, 0.05) is 20.1 Å². The third-order valence-corrected chi connectivity index (χ3v) is 6.95. The van der Waals surface area contributed by atoms with Crippen LogP contribution in [0.25, 0.3) is 0 Å². The predicted molar refractivity (Wildman–Crippen MR) is 111 cm³/mol. The molecule has 1 aliphatic rings. The molecule has 9 heteroatoms. The molecule has 0 spiro atoms. The number of carbonyl (C=O) groups is 2. The number of alkyl carbamates (subject to hydrolysis) is 1. The molecule has 2 rings (SSSR count). The summed E-state index contributed by atoms with van der Waals surface area (Å²) in [5.41, 5.74) is 0.152. The molecule has 0 radical (unpaired) electrons. The number of likely N-dealkylation sites (N-methyl/N-ethyl adjacent to an activating group) is 1. The molecule has 1 unspecified atom stereocenters. The van der Waals surface area contributed by atoms with E-state index in [4.69, 9.17) is 4.74 Å². The van der Waals surface area contributed by atoms with Gasteiger partial charge in [-0.1, -0.05) is 30.3 Å². The van der Waals surface area contributed by atoms with Crippen molar-refractivity contribution in [2.75, 3.05) is 20.1 Å². The second-order valence-corrected chi connectivity index (χ2v) is 10.3. The van der Waals surface area contributed by atoms with E-state index in [0.717, 1.165) is 5.56 Å². The largest absolute Gasteiger partial charge is 0.444 e. The monoisotopic (exact) mass is 425 g/mol. The van der Waals surface area contributed by atoms with E-state index in [1.54, 1.807) is 20.8 Å². The van der Waals surface area contributed by atoms with Crippen LogP contribution in [0.3, 0.4) is 0 Å². The molecule has 2 amide bonds. The van der Waals surface area contributed by atoms with E-state index >= 15 is 0 Å². The Morgan fingerprint density at radius 1 is 1.24 bits per heavy atom. The van der Waals surface area contributed by atoms with Crippen LogP contribution in [0, 0.1) is 0 Å². The van der Waals surface area contributed by atoms with Gasteiger partial charge in [-0.15, -0.1) is 0 Å². The van der Waals surface area contributed by atoms with Gasteiger partial charge in [-0.05, 0) is 45.6 Å². The molecule has 162 valence electrons. The van der Waals surface area contributed by atoms with Crippen molar-refractivity contribution in [3.05, 3.63) is 35.9 Å². The minimum Gasteiger partial charge on any atom is -0.444 e. The van der Waals surface area contributed by atoms with E-state index in [2.05, 4.69) is 10.6 Å². The fourth-order valence-electron chi connectivity index (χ4n) is 3.34. The summed E-state index contributed by atoms with van der Waals surface area (Å²) >= 11 is 0. The maximum Gasteiger partial charge on any atom is 0.407 e. The Hall–Kier alpha value is -2.13. The number of benzene rings is 1. The first kappa shape index (κ1) is 23.2. The van der Waals surface area contributed by atoms with Gasteiger partial charge in [0.15, 0.2) is 0 Å². The van der Waals surface area contributed by atoms with E-state index in [-0.39, 0.29) is 25.4 Å². The highest BCUT2D eigenvalue weighted by Crippen LogP contribution is 2.25. The maximum atomic E-state index is 13.4. The van der Waals surface area contributed by atoms with E-state index in [0.29, 0.717) is 12.8 Å². The highest BCUT2D eigenvalue weighted by Gasteiger charge is 2.42. The number of amides is 2. The van der Waals surface area contributed by atoms with Crippen LogP contribution >= 0.6 is 0 Å². The van der Waals surface area contributed by atoms with Gasteiger partial charge in [0.1, 0.15) is 11.6 Å². The van der Waals surface area contributed by atoms with Crippen LogP contribution < -0.4 is 10.6 Å². The Morgan fingerprint density at radius 3 is 2.48 bits per heavy atom. The number of rotatable bonds is 7. The topological polar surface area (TPSA) is 105 Å². The Labute approximate surface area is 173 Å². The zero-order valence-electron chi connectivity index (χ0n) is 17.5. The lowest BCUT2D eigenvalue weighted by molar-refractivity contribution is -0.123. The van der Waals surface area contributed by atoms with Crippen LogP contribution in [0.5, 0.6) is 0 Å². The summed E-state index contributed by atoms with van der Waals surface area (Å²) in [4.78, 5) is 24.2. The number of ether oxygens (including phenoxy) is 1. The predicted octanol–water partition coefficient (Wildman–Crippen LogP) is 1.66. The van der Waals surface area contributed by atoms with E-state index < -0.39 is 33.0 Å². The highest BCUT2D eigenvalue weighted by atomic mass is 32.2. The minimum atomic E-state index is -3.84. The summed E-state index contributed by atoms with van der Waals surface area (Å²) in [7, 11) is -2.34. The minimum absolute atomic E-state index is 0.108. The summed E-state index contributed by atoms with van der Waals surface area (Å²) in [6.45, 7) is 5.40. The maximum absolute atomic E-state index is 13.4. The normalized spacial score (nSPS) is 18.8. The van der Waals surface area contributed by atoms with Gasteiger partial charge in [-0.25, -0.2) is 13.2 Å². The average Bonchev–Trinajstić information content (AvgIpc) is 3.14. The fraction of sp³-hybridized carbons (Fsp3) is 0.600. The first-order valence-electron chi connectivity index (χ1n) is 9.77. The molecule has 1 aromatic rings. The molecule has 0 aromatic heterocycles. The van der Waals surface area contributed by atoms with Gasteiger partial charge >= 0.3 is 6.09 Å². The molecule has 1 aromatic carbocycles. The Morgan fingerprint density at radius 2 is 1.90 bits per heavy atom. The van der Waals surface area contributed by atoms with Crippen LogP contribution in [0.4, 0.5) is 4.79 Å². The fourth-order valence-corrected chi connectivity index (χ4v) is 5.36. The zero-order chi connectivity index (χ0) is 21.7. The number of hydrogen-bond acceptors (Lipinski definition) is 5. The lowest BCUT2D eigenvalue weighted by atomic mass is 10.1. The molecule has 1 aliphatic heterocycles. The first-order valence-corrected chi connectivity index (χ1v) is 11.3. The average molecular weight is 426 g/mol. The van der Waals surface area contributed by atoms with Crippen LogP contribution in [-0.4, -0.2) is 61.8 Å². The van der Waals surface area contributed by atoms with Crippen LogP contribution in [0.15, 0.2) is 30.3 Å². The Balaban J connectivity index is 2.23. The first-order chi connectivity index (χ1) is 13.5. The van der Waals surface area contributed by atoms with Crippen molar-refractivity contribution in [3.63, 3.8) is 0 Å². The lowest BCUT2D eigenvalue weighted by Gasteiger charge is -2.28. The molecule has 0 bridgehead atoms. The van der Waals surface area contributed by atoms with Crippen molar-refractivity contribution < 1.29 is 22.7 Å². The molecular weight excluding hydrogens is 394 g/mol. The summed E-state index contributed by atoms with van der Waals surface area (Å²) in [6, 6.07) is 8.50. The Kier molecular flexibility index (Phi) is 7.65. The number of nitrogens with one attached hydrogen (secondary N) is 2. The van der Waals surface area contributed by atoms with Gasteiger partial charge in [0.2, 0.25) is 15.9 Å². The van der Waals surface area contributed by atoms with Crippen molar-refractivity contribution in [2.45, 2.75) is 56.9 Å².